The minimum atomic E-state index is -0.959. The predicted octanol–water partition coefficient (Wildman–Crippen LogP) is 3.58. The third-order valence-electron chi connectivity index (χ3n) is 9.81. The van der Waals surface area contributed by atoms with E-state index in [0.717, 1.165) is 61.3 Å². The number of carbonyl (C=O) groups is 3. The molecule has 0 radical (unpaired) electrons. The van der Waals surface area contributed by atoms with Gasteiger partial charge in [-0.05, 0) is 17.5 Å². The molecule has 2 aromatic rings. The maximum atomic E-state index is 12.0. The number of hydrogen-bond acceptors (Lipinski definition) is 9. The molecule has 2 fully saturated rings. The largest absolute Gasteiger partial charge is 0.481 e. The fourth-order valence-corrected chi connectivity index (χ4v) is 6.64. The SMILES string of the molecule is CCCC(=O)N1CCC2(CC1)CC(c1ccc(C(=N)N)cc1)=NO2.N=C(N)c1ccc(C2=NOC3(CCN(C(=O)CCC(=O)O)CC3)C2)cc1. The van der Waals surface area contributed by atoms with E-state index in [9.17, 15) is 14.4 Å². The summed E-state index contributed by atoms with van der Waals surface area (Å²) in [5, 5.41) is 32.1. The number of amides is 2. The standard InChI is InChI=1S/C18H22N4O4.C18H24N4O2/c19-17(20)13-3-1-12(2-4-13)14-11-18(26-21-14)7-9-22(10-8-18)15(23)5-6-16(24)25;1-2-3-16(23)22-10-8-18(9-11-22)12-15(21-24-18)13-4-6-14(7-5-13)17(19)20/h1-4H,5-11H2,(H3,19,20)(H,24,25);4-7H,2-3,8-12H2,1H3,(H3,19,20). The van der Waals surface area contributed by atoms with Gasteiger partial charge in [0.25, 0.3) is 0 Å². The zero-order chi connectivity index (χ0) is 35.9. The van der Waals surface area contributed by atoms with Crippen LogP contribution in [0.3, 0.4) is 0 Å². The van der Waals surface area contributed by atoms with Gasteiger partial charge in [0.05, 0.1) is 17.8 Å². The lowest BCUT2D eigenvalue weighted by Gasteiger charge is -2.37. The number of nitrogens with one attached hydrogen (secondary N) is 2. The van der Waals surface area contributed by atoms with Crippen molar-refractivity contribution in [2.45, 2.75) is 82.3 Å². The van der Waals surface area contributed by atoms with Crippen LogP contribution in [0.2, 0.25) is 0 Å². The van der Waals surface area contributed by atoms with E-state index in [1.807, 2.05) is 48.2 Å². The molecular formula is C36H46N8O6. The lowest BCUT2D eigenvalue weighted by Crippen LogP contribution is -2.46. The Kier molecular flexibility index (Phi) is 11.2. The molecule has 0 saturated carbocycles. The lowest BCUT2D eigenvalue weighted by molar-refractivity contribution is -0.143. The van der Waals surface area contributed by atoms with Gasteiger partial charge in [0.2, 0.25) is 11.8 Å². The fraction of sp³-hybridized carbons (Fsp3) is 0.472. The van der Waals surface area contributed by atoms with E-state index in [2.05, 4.69) is 10.3 Å². The second-order valence-electron chi connectivity index (χ2n) is 13.4. The molecular weight excluding hydrogens is 640 g/mol. The third-order valence-corrected chi connectivity index (χ3v) is 9.81. The average Bonchev–Trinajstić information content (AvgIpc) is 3.73. The number of carbonyl (C=O) groups excluding carboxylic acids is 2. The van der Waals surface area contributed by atoms with Crippen LogP contribution in [0.15, 0.2) is 58.8 Å². The van der Waals surface area contributed by atoms with Crippen LogP contribution in [-0.2, 0) is 24.1 Å². The smallest absolute Gasteiger partial charge is 0.303 e. The highest BCUT2D eigenvalue weighted by Crippen LogP contribution is 2.37. The fourth-order valence-electron chi connectivity index (χ4n) is 6.64. The molecule has 0 atom stereocenters. The van der Waals surface area contributed by atoms with Crippen LogP contribution in [0.4, 0.5) is 0 Å². The molecule has 2 spiro atoms. The number of piperidine rings is 2. The van der Waals surface area contributed by atoms with Crippen molar-refractivity contribution < 1.29 is 29.2 Å². The molecule has 4 heterocycles. The monoisotopic (exact) mass is 686 g/mol. The van der Waals surface area contributed by atoms with Crippen LogP contribution in [0.25, 0.3) is 0 Å². The number of rotatable bonds is 9. The second kappa shape index (κ2) is 15.5. The summed E-state index contributed by atoms with van der Waals surface area (Å²) in [7, 11) is 0. The number of aliphatic carboxylic acids is 1. The summed E-state index contributed by atoms with van der Waals surface area (Å²) >= 11 is 0. The quantitative estimate of drug-likeness (QED) is 0.193. The van der Waals surface area contributed by atoms with E-state index in [0.29, 0.717) is 49.9 Å². The topological polar surface area (TPSA) is 221 Å². The summed E-state index contributed by atoms with van der Waals surface area (Å²) in [6.45, 7) is 4.60. The van der Waals surface area contributed by atoms with E-state index < -0.39 is 11.6 Å². The Morgan fingerprint density at radius 2 is 1.08 bits per heavy atom. The van der Waals surface area contributed by atoms with Crippen molar-refractivity contribution in [1.29, 1.82) is 10.8 Å². The summed E-state index contributed by atoms with van der Waals surface area (Å²) < 4.78 is 0. The first-order chi connectivity index (χ1) is 23.9. The Morgan fingerprint density at radius 3 is 1.42 bits per heavy atom. The van der Waals surface area contributed by atoms with Crippen LogP contribution in [0, 0.1) is 10.8 Å². The molecule has 4 aliphatic rings. The van der Waals surface area contributed by atoms with Crippen LogP contribution in [0.1, 0.15) is 93.4 Å². The highest BCUT2D eigenvalue weighted by atomic mass is 16.7. The summed E-state index contributed by atoms with van der Waals surface area (Å²) in [5.74, 6) is -0.753. The molecule has 0 aliphatic carbocycles. The van der Waals surface area contributed by atoms with Crippen LogP contribution >= 0.6 is 0 Å². The zero-order valence-corrected chi connectivity index (χ0v) is 28.5. The number of hydrogen-bond donors (Lipinski definition) is 5. The number of nitrogens with zero attached hydrogens (tertiary/aromatic N) is 4. The second-order valence-corrected chi connectivity index (χ2v) is 13.4. The van der Waals surface area contributed by atoms with Gasteiger partial charge in [-0.3, -0.25) is 25.2 Å². The highest BCUT2D eigenvalue weighted by Gasteiger charge is 2.44. The van der Waals surface area contributed by atoms with E-state index in [1.165, 1.54) is 0 Å². The van der Waals surface area contributed by atoms with Crippen molar-refractivity contribution in [1.82, 2.24) is 9.80 Å². The summed E-state index contributed by atoms with van der Waals surface area (Å²) in [6, 6.07) is 14.8. The first kappa shape index (κ1) is 36.0. The maximum Gasteiger partial charge on any atom is 0.303 e. The van der Waals surface area contributed by atoms with Crippen molar-refractivity contribution in [2.24, 2.45) is 21.8 Å². The average molecular weight is 687 g/mol. The van der Waals surface area contributed by atoms with Gasteiger partial charge in [-0.1, -0.05) is 65.8 Å². The number of nitrogen functional groups attached to an aromatic ring is 2. The summed E-state index contributed by atoms with van der Waals surface area (Å²) in [4.78, 5) is 49.8. The van der Waals surface area contributed by atoms with Crippen LogP contribution in [0.5, 0.6) is 0 Å². The molecule has 4 aliphatic heterocycles. The Labute approximate surface area is 291 Å². The maximum absolute atomic E-state index is 12.0. The Balaban J connectivity index is 0.000000195. The molecule has 7 N–H and O–H groups in total. The third kappa shape index (κ3) is 8.65. The molecule has 2 aromatic carbocycles. The zero-order valence-electron chi connectivity index (χ0n) is 28.5. The molecule has 0 unspecified atom stereocenters. The van der Waals surface area contributed by atoms with Crippen molar-refractivity contribution in [2.75, 3.05) is 26.2 Å². The number of benzene rings is 2. The molecule has 2 saturated heterocycles. The Bertz CT molecular complexity index is 1650. The van der Waals surface area contributed by atoms with Crippen molar-refractivity contribution >= 4 is 40.9 Å². The van der Waals surface area contributed by atoms with E-state index >= 15 is 0 Å². The van der Waals surface area contributed by atoms with Crippen LogP contribution in [-0.4, -0.2) is 93.2 Å². The van der Waals surface area contributed by atoms with Gasteiger partial charge < -0.3 is 36.0 Å². The number of carboxylic acid groups (broad SMARTS) is 1. The highest BCUT2D eigenvalue weighted by molar-refractivity contribution is 6.04. The van der Waals surface area contributed by atoms with E-state index in [4.69, 9.17) is 37.1 Å². The van der Waals surface area contributed by atoms with Gasteiger partial charge in [-0.25, -0.2) is 0 Å². The van der Waals surface area contributed by atoms with Gasteiger partial charge >= 0.3 is 5.97 Å². The molecule has 14 heteroatoms. The van der Waals surface area contributed by atoms with Crippen molar-refractivity contribution in [3.8, 4) is 0 Å². The number of oxime groups is 2. The van der Waals surface area contributed by atoms with Gasteiger partial charge in [0.15, 0.2) is 0 Å². The van der Waals surface area contributed by atoms with Crippen LogP contribution < -0.4 is 11.5 Å². The minimum absolute atomic E-state index is 0.0255. The molecule has 2 amide bonds. The number of carboxylic acids is 1. The summed E-state index contributed by atoms with van der Waals surface area (Å²) in [5.41, 5.74) is 15.4. The van der Waals surface area contributed by atoms with Crippen molar-refractivity contribution in [3.05, 3.63) is 70.8 Å². The van der Waals surface area contributed by atoms with E-state index in [-0.39, 0.29) is 41.9 Å². The molecule has 0 aromatic heterocycles. The Hall–Kier alpha value is -5.27. The molecule has 6 rings (SSSR count). The van der Waals surface area contributed by atoms with Gasteiger partial charge in [0.1, 0.15) is 22.9 Å². The van der Waals surface area contributed by atoms with Crippen molar-refractivity contribution in [3.63, 3.8) is 0 Å². The first-order valence-corrected chi connectivity index (χ1v) is 17.1. The van der Waals surface area contributed by atoms with Gasteiger partial charge in [0, 0.05) is 88.7 Å². The summed E-state index contributed by atoms with van der Waals surface area (Å²) in [6.07, 6.45) is 5.83. The number of amidine groups is 2. The molecule has 50 heavy (non-hydrogen) atoms. The molecule has 266 valence electrons. The van der Waals surface area contributed by atoms with Gasteiger partial charge in [-0.2, -0.15) is 0 Å². The number of nitrogens with two attached hydrogens (primary N) is 2. The normalized spacial score (nSPS) is 18.7. The minimum Gasteiger partial charge on any atom is -0.481 e. The van der Waals surface area contributed by atoms with E-state index in [1.54, 1.807) is 17.0 Å². The lowest BCUT2D eigenvalue weighted by atomic mass is 9.85. The Morgan fingerprint density at radius 1 is 0.700 bits per heavy atom. The first-order valence-electron chi connectivity index (χ1n) is 17.1. The molecule has 14 nitrogen and oxygen atoms in total. The predicted molar refractivity (Wildman–Crippen MR) is 188 cm³/mol. The number of likely N-dealkylation sites (tertiary alicyclic amines) is 2. The van der Waals surface area contributed by atoms with Gasteiger partial charge in [-0.15, -0.1) is 0 Å². The molecule has 0 bridgehead atoms.